The van der Waals surface area contributed by atoms with Crippen LogP contribution in [0.15, 0.2) is 46.0 Å². The number of aromatic nitrogens is 3. The quantitative estimate of drug-likeness (QED) is 0.321. The second-order valence-electron chi connectivity index (χ2n) is 7.68. The van der Waals surface area contributed by atoms with Crippen LogP contribution >= 0.6 is 50.9 Å². The highest BCUT2D eigenvalue weighted by Gasteiger charge is 2.25. The highest BCUT2D eigenvalue weighted by molar-refractivity contribution is 9.10. The van der Waals surface area contributed by atoms with Crippen molar-refractivity contribution in [2.24, 2.45) is 13.0 Å². The molecule has 0 saturated heterocycles. The van der Waals surface area contributed by atoms with Crippen molar-refractivity contribution in [3.63, 3.8) is 0 Å². The highest BCUT2D eigenvalue weighted by atomic mass is 79.9. The lowest BCUT2D eigenvalue weighted by molar-refractivity contribution is -0.113. The van der Waals surface area contributed by atoms with Gasteiger partial charge >= 0.3 is 0 Å². The van der Waals surface area contributed by atoms with Crippen LogP contribution in [0, 0.1) is 11.7 Å². The predicted molar refractivity (Wildman–Crippen MR) is 136 cm³/mol. The molecule has 0 aliphatic rings. The van der Waals surface area contributed by atoms with Crippen LogP contribution in [0.4, 0.5) is 10.1 Å². The number of amides is 2. The summed E-state index contributed by atoms with van der Waals surface area (Å²) in [7, 11) is 1.75. The van der Waals surface area contributed by atoms with E-state index >= 15 is 0 Å². The van der Waals surface area contributed by atoms with E-state index in [1.807, 2.05) is 13.8 Å². The van der Waals surface area contributed by atoms with Gasteiger partial charge in [0, 0.05) is 17.1 Å². The second-order valence-corrected chi connectivity index (χ2v) is 10.4. The molecule has 7 nitrogen and oxygen atoms in total. The number of carbonyl (C=O) groups is 2. The van der Waals surface area contributed by atoms with E-state index in [0.29, 0.717) is 26.0 Å². The number of benzene rings is 2. The van der Waals surface area contributed by atoms with E-state index in [2.05, 4.69) is 36.8 Å². The largest absolute Gasteiger partial charge is 0.342 e. The number of carbonyl (C=O) groups excluding carboxylic acids is 2. The molecule has 3 rings (SSSR count). The van der Waals surface area contributed by atoms with Crippen molar-refractivity contribution in [1.29, 1.82) is 0 Å². The third-order valence-corrected chi connectivity index (χ3v) is 7.07. The molecule has 180 valence electrons. The molecule has 0 bridgehead atoms. The van der Waals surface area contributed by atoms with Gasteiger partial charge in [-0.2, -0.15) is 0 Å². The molecule has 3 aromatic rings. The zero-order valence-electron chi connectivity index (χ0n) is 18.4. The number of hydrogen-bond donors (Lipinski definition) is 2. The number of rotatable bonds is 8. The maximum Gasteiger partial charge on any atom is 0.251 e. The first-order chi connectivity index (χ1) is 16.1. The van der Waals surface area contributed by atoms with E-state index in [9.17, 15) is 14.0 Å². The summed E-state index contributed by atoms with van der Waals surface area (Å²) in [6.07, 6.45) is 0. The molecule has 0 saturated carbocycles. The van der Waals surface area contributed by atoms with Gasteiger partial charge in [0.15, 0.2) is 11.0 Å². The standard InChI is InChI=1S/C22H21BrCl2FN5O2S/c1-11(2)19(28-21(33)12-4-6-14(24)15(25)8-12)20-29-30-22(31(20)3)34-10-18(32)27-17-7-5-13(23)9-16(17)26/h4-9,11,19H,10H2,1-3H3,(H,27,32)(H,28,33)/t19-/m1/s1. The Hall–Kier alpha value is -2.14. The zero-order valence-corrected chi connectivity index (χ0v) is 22.3. The molecular weight excluding hydrogens is 568 g/mol. The van der Waals surface area contributed by atoms with Crippen LogP contribution in [-0.2, 0) is 11.8 Å². The minimum Gasteiger partial charge on any atom is -0.342 e. The van der Waals surface area contributed by atoms with Gasteiger partial charge in [0.05, 0.1) is 27.5 Å². The minimum atomic E-state index is -0.536. The van der Waals surface area contributed by atoms with Gasteiger partial charge in [0.25, 0.3) is 5.91 Å². The summed E-state index contributed by atoms with van der Waals surface area (Å²) in [5, 5.41) is 15.0. The van der Waals surface area contributed by atoms with Gasteiger partial charge in [-0.3, -0.25) is 9.59 Å². The summed E-state index contributed by atoms with van der Waals surface area (Å²) in [6, 6.07) is 8.60. The van der Waals surface area contributed by atoms with Gasteiger partial charge in [0.2, 0.25) is 5.91 Å². The summed E-state index contributed by atoms with van der Waals surface area (Å²) < 4.78 is 16.2. The summed E-state index contributed by atoms with van der Waals surface area (Å²) in [5.74, 6) is -0.717. The van der Waals surface area contributed by atoms with Crippen LogP contribution in [0.3, 0.4) is 0 Å². The van der Waals surface area contributed by atoms with Gasteiger partial charge in [-0.05, 0) is 42.3 Å². The molecule has 2 amide bonds. The Labute approximate surface area is 218 Å². The Morgan fingerprint density at radius 3 is 2.53 bits per heavy atom. The fraction of sp³-hybridized carbons (Fsp3) is 0.273. The summed E-state index contributed by atoms with van der Waals surface area (Å²) in [5.41, 5.74) is 0.464. The zero-order chi connectivity index (χ0) is 25.0. The maximum absolute atomic E-state index is 13.9. The molecule has 0 aliphatic carbocycles. The van der Waals surface area contributed by atoms with Crippen molar-refractivity contribution >= 4 is 68.4 Å². The van der Waals surface area contributed by atoms with E-state index in [1.54, 1.807) is 29.8 Å². The van der Waals surface area contributed by atoms with Crippen LogP contribution in [0.1, 0.15) is 36.1 Å². The van der Waals surface area contributed by atoms with Crippen molar-refractivity contribution in [3.8, 4) is 0 Å². The minimum absolute atomic E-state index is 0.00343. The van der Waals surface area contributed by atoms with E-state index in [0.717, 1.165) is 11.8 Å². The molecule has 0 spiro atoms. The Morgan fingerprint density at radius 2 is 1.88 bits per heavy atom. The number of nitrogens with zero attached hydrogens (tertiary/aromatic N) is 3. The third kappa shape index (κ3) is 6.50. The number of halogens is 4. The predicted octanol–water partition coefficient (Wildman–Crippen LogP) is 5.88. The lowest BCUT2D eigenvalue weighted by atomic mass is 10.0. The fourth-order valence-electron chi connectivity index (χ4n) is 3.02. The van der Waals surface area contributed by atoms with E-state index in [1.165, 1.54) is 18.2 Å². The van der Waals surface area contributed by atoms with Crippen molar-refractivity contribution in [2.45, 2.75) is 25.0 Å². The molecular formula is C22H21BrCl2FN5O2S. The first-order valence-corrected chi connectivity index (χ1v) is 12.6. The summed E-state index contributed by atoms with van der Waals surface area (Å²) >= 11 is 16.3. The normalized spacial score (nSPS) is 12.0. The molecule has 0 fully saturated rings. The first-order valence-electron chi connectivity index (χ1n) is 10.1. The lowest BCUT2D eigenvalue weighted by Gasteiger charge is -2.22. The highest BCUT2D eigenvalue weighted by Crippen LogP contribution is 2.27. The fourth-order valence-corrected chi connectivity index (χ4v) is 4.37. The van der Waals surface area contributed by atoms with Crippen molar-refractivity contribution in [3.05, 3.63) is 68.1 Å². The molecule has 2 aromatic carbocycles. The van der Waals surface area contributed by atoms with Crippen LogP contribution in [0.25, 0.3) is 0 Å². The van der Waals surface area contributed by atoms with Crippen molar-refractivity contribution < 1.29 is 14.0 Å². The SMILES string of the molecule is CC(C)[C@@H](NC(=O)c1ccc(Cl)c(Cl)c1)c1nnc(SCC(=O)Nc2ccc(Br)cc2F)n1C. The monoisotopic (exact) mass is 587 g/mol. The molecule has 1 heterocycles. The number of nitrogens with one attached hydrogen (secondary N) is 2. The third-order valence-electron chi connectivity index (χ3n) is 4.82. The summed E-state index contributed by atoms with van der Waals surface area (Å²) in [6.45, 7) is 3.89. The molecule has 1 atom stereocenters. The topological polar surface area (TPSA) is 88.9 Å². The van der Waals surface area contributed by atoms with E-state index in [4.69, 9.17) is 23.2 Å². The van der Waals surface area contributed by atoms with Gasteiger partial charge in [-0.15, -0.1) is 10.2 Å². The molecule has 0 aliphatic heterocycles. The van der Waals surface area contributed by atoms with E-state index in [-0.39, 0.29) is 34.2 Å². The molecule has 12 heteroatoms. The first kappa shape index (κ1) is 26.5. The van der Waals surface area contributed by atoms with Crippen LogP contribution in [-0.4, -0.2) is 32.3 Å². The Balaban J connectivity index is 1.68. The smallest absolute Gasteiger partial charge is 0.251 e. The van der Waals surface area contributed by atoms with Crippen molar-refractivity contribution in [1.82, 2.24) is 20.1 Å². The lowest BCUT2D eigenvalue weighted by Crippen LogP contribution is -2.33. The van der Waals surface area contributed by atoms with Gasteiger partial charge in [-0.25, -0.2) is 4.39 Å². The molecule has 0 unspecified atom stereocenters. The number of thioether (sulfide) groups is 1. The average Bonchev–Trinajstić information content (AvgIpc) is 3.14. The average molecular weight is 589 g/mol. The van der Waals surface area contributed by atoms with Gasteiger partial charge in [-0.1, -0.05) is 64.7 Å². The molecule has 1 aromatic heterocycles. The Morgan fingerprint density at radius 1 is 1.15 bits per heavy atom. The number of hydrogen-bond acceptors (Lipinski definition) is 5. The Kier molecular flexibility index (Phi) is 8.97. The maximum atomic E-state index is 13.9. The van der Waals surface area contributed by atoms with Gasteiger partial charge in [0.1, 0.15) is 5.82 Å². The van der Waals surface area contributed by atoms with Crippen LogP contribution in [0.5, 0.6) is 0 Å². The van der Waals surface area contributed by atoms with Crippen LogP contribution < -0.4 is 10.6 Å². The summed E-state index contributed by atoms with van der Waals surface area (Å²) in [4.78, 5) is 25.1. The van der Waals surface area contributed by atoms with E-state index < -0.39 is 11.9 Å². The van der Waals surface area contributed by atoms with Crippen LogP contribution in [0.2, 0.25) is 10.0 Å². The Bertz CT molecular complexity index is 1220. The second kappa shape index (κ2) is 11.5. The number of anilines is 1. The molecule has 0 radical (unpaired) electrons. The van der Waals surface area contributed by atoms with Crippen molar-refractivity contribution in [2.75, 3.05) is 11.1 Å². The molecule has 34 heavy (non-hydrogen) atoms. The molecule has 2 N–H and O–H groups in total. The van der Waals surface area contributed by atoms with Gasteiger partial charge < -0.3 is 15.2 Å².